The number of amides is 1. The molecular weight excluding hydrogens is 439 g/mol. The third kappa shape index (κ3) is 4.43. The van der Waals surface area contributed by atoms with E-state index in [0.717, 1.165) is 18.2 Å². The summed E-state index contributed by atoms with van der Waals surface area (Å²) in [6.07, 6.45) is 2.65. The van der Waals surface area contributed by atoms with Gasteiger partial charge in [-0.05, 0) is 31.2 Å². The zero-order chi connectivity index (χ0) is 23.7. The van der Waals surface area contributed by atoms with Gasteiger partial charge in [-0.25, -0.2) is 27.5 Å². The van der Waals surface area contributed by atoms with Gasteiger partial charge in [-0.15, -0.1) is 0 Å². The number of nitrogens with one attached hydrogen (secondary N) is 3. The maximum atomic E-state index is 14.2. The fourth-order valence-corrected chi connectivity index (χ4v) is 3.63. The molecule has 0 radical (unpaired) electrons. The van der Waals surface area contributed by atoms with Crippen LogP contribution >= 0.6 is 0 Å². The number of imidazole rings is 1. The van der Waals surface area contributed by atoms with Gasteiger partial charge in [0, 0.05) is 29.9 Å². The van der Waals surface area contributed by atoms with Gasteiger partial charge in [-0.2, -0.15) is 0 Å². The second-order valence-electron chi connectivity index (χ2n) is 7.49. The zero-order valence-electron chi connectivity index (χ0n) is 17.2. The molecule has 4 aromatic rings. The normalized spacial score (nSPS) is 13.1. The van der Waals surface area contributed by atoms with Crippen molar-refractivity contribution >= 4 is 16.8 Å². The SMILES string of the molecule is C[C@@H](NC(=O)[C@@H](Cc1cnc[nH]1)n1c(=O)[nH]c2ccc(F)cc2c1=O)c1ccc(F)cc1F. The molecule has 1 amide bonds. The molecule has 3 N–H and O–H groups in total. The number of H-pyrrole nitrogens is 2. The highest BCUT2D eigenvalue weighted by molar-refractivity contribution is 5.82. The molecule has 8 nitrogen and oxygen atoms in total. The van der Waals surface area contributed by atoms with Crippen LogP contribution in [0.1, 0.15) is 30.3 Å². The van der Waals surface area contributed by atoms with E-state index in [0.29, 0.717) is 16.3 Å². The Morgan fingerprint density at radius 2 is 1.85 bits per heavy atom. The van der Waals surface area contributed by atoms with E-state index in [1.807, 2.05) is 0 Å². The number of nitrogens with zero attached hydrogens (tertiary/aromatic N) is 2. The van der Waals surface area contributed by atoms with E-state index in [9.17, 15) is 27.6 Å². The van der Waals surface area contributed by atoms with E-state index in [1.165, 1.54) is 31.6 Å². The standard InChI is InChI=1S/C22H18F3N5O3/c1-11(15-4-2-13(24)7-17(15)25)28-20(31)19(8-14-9-26-10-27-14)30-21(32)16-6-12(23)3-5-18(16)29-22(30)33/h2-7,9-11,19H,8H2,1H3,(H,26,27)(H,28,31)(H,29,33)/t11-,19-/m1/s1. The molecule has 0 bridgehead atoms. The molecule has 0 aliphatic rings. The molecule has 11 heteroatoms. The van der Waals surface area contributed by atoms with Crippen LogP contribution in [0.3, 0.4) is 0 Å². The highest BCUT2D eigenvalue weighted by Gasteiger charge is 2.28. The van der Waals surface area contributed by atoms with E-state index in [1.54, 1.807) is 0 Å². The average Bonchev–Trinajstić information content (AvgIpc) is 3.26. The van der Waals surface area contributed by atoms with Crippen molar-refractivity contribution in [2.45, 2.75) is 25.4 Å². The number of benzene rings is 2. The molecule has 4 rings (SSSR count). The molecule has 0 unspecified atom stereocenters. The van der Waals surface area contributed by atoms with Gasteiger partial charge in [0.05, 0.1) is 23.3 Å². The molecule has 2 aromatic heterocycles. The number of carbonyl (C=O) groups is 1. The predicted octanol–water partition coefficient (Wildman–Crippen LogP) is 2.49. The van der Waals surface area contributed by atoms with E-state index >= 15 is 0 Å². The second kappa shape index (κ2) is 8.77. The fraction of sp³-hybridized carbons (Fsp3) is 0.182. The summed E-state index contributed by atoms with van der Waals surface area (Å²) in [4.78, 5) is 48.2. The largest absolute Gasteiger partial charge is 0.348 e. The van der Waals surface area contributed by atoms with Gasteiger partial charge in [0.2, 0.25) is 5.91 Å². The van der Waals surface area contributed by atoms with Crippen molar-refractivity contribution in [3.8, 4) is 0 Å². The number of halogens is 3. The average molecular weight is 457 g/mol. The van der Waals surface area contributed by atoms with Gasteiger partial charge in [-0.3, -0.25) is 9.59 Å². The van der Waals surface area contributed by atoms with Gasteiger partial charge in [0.25, 0.3) is 5.56 Å². The van der Waals surface area contributed by atoms with Crippen LogP contribution in [0.4, 0.5) is 13.2 Å². The van der Waals surface area contributed by atoms with E-state index < -0.39 is 46.7 Å². The number of carbonyl (C=O) groups excluding carboxylic acids is 1. The summed E-state index contributed by atoms with van der Waals surface area (Å²) in [6, 6.07) is 3.96. The molecule has 0 aliphatic carbocycles. The molecule has 2 heterocycles. The van der Waals surface area contributed by atoms with Crippen molar-refractivity contribution in [3.05, 3.63) is 98.5 Å². The minimum absolute atomic E-state index is 0.0203. The first-order valence-electron chi connectivity index (χ1n) is 9.91. The number of rotatable bonds is 6. The lowest BCUT2D eigenvalue weighted by Crippen LogP contribution is -2.46. The van der Waals surface area contributed by atoms with Crippen LogP contribution < -0.4 is 16.6 Å². The molecule has 0 spiro atoms. The van der Waals surface area contributed by atoms with E-state index in [-0.39, 0.29) is 22.9 Å². The monoisotopic (exact) mass is 457 g/mol. The third-order valence-corrected chi connectivity index (χ3v) is 5.26. The smallest absolute Gasteiger partial charge is 0.329 e. The van der Waals surface area contributed by atoms with Crippen molar-refractivity contribution in [2.24, 2.45) is 0 Å². The Kier molecular flexibility index (Phi) is 5.86. The topological polar surface area (TPSA) is 113 Å². The maximum absolute atomic E-state index is 14.2. The summed E-state index contributed by atoms with van der Waals surface area (Å²) in [5.41, 5.74) is -1.16. The summed E-state index contributed by atoms with van der Waals surface area (Å²) in [5, 5.41) is 2.44. The summed E-state index contributed by atoms with van der Waals surface area (Å²) in [7, 11) is 0. The lowest BCUT2D eigenvalue weighted by Gasteiger charge is -2.22. The minimum Gasteiger partial charge on any atom is -0.348 e. The van der Waals surface area contributed by atoms with Gasteiger partial charge in [0.15, 0.2) is 0 Å². The Balaban J connectivity index is 1.76. The highest BCUT2D eigenvalue weighted by Crippen LogP contribution is 2.20. The van der Waals surface area contributed by atoms with Crippen LogP contribution in [0.5, 0.6) is 0 Å². The fourth-order valence-electron chi connectivity index (χ4n) is 3.63. The first-order valence-corrected chi connectivity index (χ1v) is 9.91. The lowest BCUT2D eigenvalue weighted by atomic mass is 10.1. The molecule has 0 aliphatic heterocycles. The minimum atomic E-state index is -1.37. The maximum Gasteiger partial charge on any atom is 0.329 e. The van der Waals surface area contributed by atoms with Crippen LogP contribution in [0, 0.1) is 17.5 Å². The van der Waals surface area contributed by atoms with Crippen molar-refractivity contribution in [1.29, 1.82) is 0 Å². The van der Waals surface area contributed by atoms with Crippen LogP contribution in [0.15, 0.2) is 58.5 Å². The van der Waals surface area contributed by atoms with Gasteiger partial charge >= 0.3 is 5.69 Å². The summed E-state index contributed by atoms with van der Waals surface area (Å²) >= 11 is 0. The van der Waals surface area contributed by atoms with Gasteiger partial charge < -0.3 is 15.3 Å². The molecule has 0 saturated heterocycles. The quantitative estimate of drug-likeness (QED) is 0.413. The zero-order valence-corrected chi connectivity index (χ0v) is 17.2. The summed E-state index contributed by atoms with van der Waals surface area (Å²) < 4.78 is 41.8. The van der Waals surface area contributed by atoms with Crippen molar-refractivity contribution < 1.29 is 18.0 Å². The number of hydrogen-bond acceptors (Lipinski definition) is 4. The Bertz CT molecular complexity index is 1450. The summed E-state index contributed by atoms with van der Waals surface area (Å²) in [6.45, 7) is 1.48. The van der Waals surface area contributed by atoms with Crippen LogP contribution in [-0.2, 0) is 11.2 Å². The van der Waals surface area contributed by atoms with Crippen LogP contribution in [-0.4, -0.2) is 25.4 Å². The predicted molar refractivity (Wildman–Crippen MR) is 113 cm³/mol. The molecule has 170 valence electrons. The number of hydrogen-bond donors (Lipinski definition) is 3. The first kappa shape index (κ1) is 22.1. The van der Waals surface area contributed by atoms with Crippen molar-refractivity contribution in [1.82, 2.24) is 24.8 Å². The third-order valence-electron chi connectivity index (χ3n) is 5.26. The Morgan fingerprint density at radius 1 is 1.12 bits per heavy atom. The molecule has 0 saturated carbocycles. The van der Waals surface area contributed by atoms with Crippen molar-refractivity contribution in [3.63, 3.8) is 0 Å². The van der Waals surface area contributed by atoms with E-state index in [2.05, 4.69) is 20.3 Å². The molecule has 2 aromatic carbocycles. The lowest BCUT2D eigenvalue weighted by molar-refractivity contribution is -0.125. The number of aromatic nitrogens is 4. The van der Waals surface area contributed by atoms with Crippen molar-refractivity contribution in [2.75, 3.05) is 0 Å². The Hall–Kier alpha value is -4.15. The first-order chi connectivity index (χ1) is 15.7. The second-order valence-corrected chi connectivity index (χ2v) is 7.49. The van der Waals surface area contributed by atoms with Gasteiger partial charge in [-0.1, -0.05) is 6.07 Å². The van der Waals surface area contributed by atoms with Crippen LogP contribution in [0.2, 0.25) is 0 Å². The number of fused-ring (bicyclic) bond motifs is 1. The van der Waals surface area contributed by atoms with Gasteiger partial charge in [0.1, 0.15) is 23.5 Å². The molecule has 0 fully saturated rings. The summed E-state index contributed by atoms with van der Waals surface area (Å²) in [5.74, 6) is -3.09. The molecule has 33 heavy (non-hydrogen) atoms. The molecular formula is C22H18F3N5O3. The number of aromatic amines is 2. The molecule has 2 atom stereocenters. The van der Waals surface area contributed by atoms with E-state index in [4.69, 9.17) is 0 Å². The van der Waals surface area contributed by atoms with Crippen LogP contribution in [0.25, 0.3) is 10.9 Å². The highest BCUT2D eigenvalue weighted by atomic mass is 19.1. The Labute approximate surface area is 184 Å². The Morgan fingerprint density at radius 3 is 2.55 bits per heavy atom.